The van der Waals surface area contributed by atoms with Crippen LogP contribution in [0.25, 0.3) is 101 Å². The molecular weight excluding hydrogens is 719 g/mol. The van der Waals surface area contributed by atoms with Gasteiger partial charge in [-0.1, -0.05) is 159 Å². The largest absolute Gasteiger partial charge is 0.456 e. The molecule has 8 aromatic carbocycles. The third kappa shape index (κ3) is 5.26. The number of aromatic nitrogens is 3. The SMILES string of the molecule is CC1(C)c2ccccc2-c2c(-c3ccc(-c4ccc5c(c4)-c4c(cccc4-c4nc(-c6ccccc6)nc(-c6ccc7oc8ccccc8c7c6)n4)C5)cc3)cccc21. The molecule has 2 aliphatic rings. The van der Waals surface area contributed by atoms with Gasteiger partial charge in [-0.2, -0.15) is 0 Å². The molecule has 0 atom stereocenters. The summed E-state index contributed by atoms with van der Waals surface area (Å²) in [7, 11) is 0. The van der Waals surface area contributed by atoms with Crippen LogP contribution in [-0.4, -0.2) is 15.0 Å². The molecule has 0 bridgehead atoms. The van der Waals surface area contributed by atoms with E-state index in [9.17, 15) is 0 Å². The van der Waals surface area contributed by atoms with Gasteiger partial charge in [0.15, 0.2) is 17.5 Å². The van der Waals surface area contributed by atoms with Crippen molar-refractivity contribution in [1.82, 2.24) is 15.0 Å². The van der Waals surface area contributed by atoms with Crippen molar-refractivity contribution in [3.63, 3.8) is 0 Å². The lowest BCUT2D eigenvalue weighted by atomic mass is 9.82. The van der Waals surface area contributed by atoms with Gasteiger partial charge in [0.2, 0.25) is 0 Å². The molecule has 0 fully saturated rings. The van der Waals surface area contributed by atoms with Gasteiger partial charge in [0.25, 0.3) is 0 Å². The third-order valence-electron chi connectivity index (χ3n) is 12.6. The van der Waals surface area contributed by atoms with Gasteiger partial charge in [0, 0.05) is 32.9 Å². The molecule has 12 rings (SSSR count). The highest BCUT2D eigenvalue weighted by Gasteiger charge is 2.36. The molecule has 2 heterocycles. The first-order valence-electron chi connectivity index (χ1n) is 20.3. The Morgan fingerprint density at radius 3 is 1.92 bits per heavy atom. The second-order valence-corrected chi connectivity index (χ2v) is 16.3. The van der Waals surface area contributed by atoms with Crippen molar-refractivity contribution >= 4 is 21.9 Å². The average molecular weight is 756 g/mol. The van der Waals surface area contributed by atoms with E-state index in [0.717, 1.165) is 45.0 Å². The van der Waals surface area contributed by atoms with E-state index in [1.54, 1.807) is 0 Å². The van der Waals surface area contributed by atoms with Crippen LogP contribution >= 0.6 is 0 Å². The second kappa shape index (κ2) is 12.8. The zero-order valence-electron chi connectivity index (χ0n) is 32.7. The molecule has 0 radical (unpaired) electrons. The predicted octanol–water partition coefficient (Wildman–Crippen LogP) is 14.0. The average Bonchev–Trinajstić information content (AvgIpc) is 3.93. The van der Waals surface area contributed by atoms with Crippen LogP contribution in [0.2, 0.25) is 0 Å². The Morgan fingerprint density at radius 2 is 1.03 bits per heavy atom. The number of hydrogen-bond acceptors (Lipinski definition) is 4. The third-order valence-corrected chi connectivity index (χ3v) is 12.6. The molecule has 0 N–H and O–H groups in total. The molecule has 0 saturated carbocycles. The normalized spacial score (nSPS) is 13.3. The predicted molar refractivity (Wildman–Crippen MR) is 240 cm³/mol. The van der Waals surface area contributed by atoms with Gasteiger partial charge < -0.3 is 4.42 Å². The highest BCUT2D eigenvalue weighted by molar-refractivity contribution is 6.06. The number of furan rings is 1. The van der Waals surface area contributed by atoms with Gasteiger partial charge in [0.1, 0.15) is 11.2 Å². The van der Waals surface area contributed by atoms with E-state index in [2.05, 4.69) is 141 Å². The molecule has 10 aromatic rings. The lowest BCUT2D eigenvalue weighted by molar-refractivity contribution is 0.660. The van der Waals surface area contributed by atoms with E-state index < -0.39 is 0 Å². The fourth-order valence-electron chi connectivity index (χ4n) is 9.64. The molecule has 4 heteroatoms. The van der Waals surface area contributed by atoms with Crippen molar-refractivity contribution in [2.75, 3.05) is 0 Å². The van der Waals surface area contributed by atoms with Gasteiger partial charge in [-0.3, -0.25) is 0 Å². The Kier molecular flexibility index (Phi) is 7.30. The molecule has 59 heavy (non-hydrogen) atoms. The van der Waals surface area contributed by atoms with E-state index in [0.29, 0.717) is 17.5 Å². The molecule has 2 aromatic heterocycles. The van der Waals surface area contributed by atoms with E-state index in [-0.39, 0.29) is 5.41 Å². The number of benzene rings is 8. The molecular formula is C55H37N3O. The van der Waals surface area contributed by atoms with Crippen LogP contribution in [0.1, 0.15) is 36.1 Å². The van der Waals surface area contributed by atoms with Crippen molar-refractivity contribution in [2.45, 2.75) is 25.7 Å². The summed E-state index contributed by atoms with van der Waals surface area (Å²) in [5.74, 6) is 1.93. The Labute approximate surface area is 342 Å². The van der Waals surface area contributed by atoms with Crippen molar-refractivity contribution in [1.29, 1.82) is 0 Å². The zero-order valence-corrected chi connectivity index (χ0v) is 32.7. The second-order valence-electron chi connectivity index (χ2n) is 16.3. The first kappa shape index (κ1) is 33.7. The summed E-state index contributed by atoms with van der Waals surface area (Å²) < 4.78 is 6.16. The van der Waals surface area contributed by atoms with Gasteiger partial charge >= 0.3 is 0 Å². The number of rotatable bonds is 5. The first-order chi connectivity index (χ1) is 29.0. The topological polar surface area (TPSA) is 51.8 Å². The van der Waals surface area contributed by atoms with Crippen LogP contribution in [0.4, 0.5) is 0 Å². The van der Waals surface area contributed by atoms with Crippen molar-refractivity contribution < 1.29 is 4.42 Å². The number of hydrogen-bond donors (Lipinski definition) is 0. The van der Waals surface area contributed by atoms with Crippen LogP contribution < -0.4 is 0 Å². The summed E-state index contributed by atoms with van der Waals surface area (Å²) in [6.45, 7) is 4.68. The molecule has 278 valence electrons. The van der Waals surface area contributed by atoms with Crippen LogP contribution in [-0.2, 0) is 11.8 Å². The number of fused-ring (bicyclic) bond motifs is 9. The minimum absolute atomic E-state index is 0.0304. The smallest absolute Gasteiger partial charge is 0.164 e. The minimum atomic E-state index is -0.0304. The molecule has 0 aliphatic heterocycles. The molecule has 0 unspecified atom stereocenters. The monoisotopic (exact) mass is 755 g/mol. The fraction of sp³-hybridized carbons (Fsp3) is 0.0727. The molecule has 2 aliphatic carbocycles. The maximum absolute atomic E-state index is 6.16. The van der Waals surface area contributed by atoms with Gasteiger partial charge in [0.05, 0.1) is 0 Å². The van der Waals surface area contributed by atoms with Crippen molar-refractivity contribution in [3.05, 3.63) is 198 Å². The summed E-state index contributed by atoms with van der Waals surface area (Å²) >= 11 is 0. The van der Waals surface area contributed by atoms with E-state index in [1.165, 1.54) is 66.8 Å². The van der Waals surface area contributed by atoms with Crippen molar-refractivity contribution in [2.24, 2.45) is 0 Å². The summed E-state index contributed by atoms with van der Waals surface area (Å²) in [6, 6.07) is 62.8. The lowest BCUT2D eigenvalue weighted by Gasteiger charge is -2.21. The molecule has 4 nitrogen and oxygen atoms in total. The van der Waals surface area contributed by atoms with E-state index in [4.69, 9.17) is 19.4 Å². The lowest BCUT2D eigenvalue weighted by Crippen LogP contribution is -2.14. The molecule has 0 spiro atoms. The Hall–Kier alpha value is -7.43. The minimum Gasteiger partial charge on any atom is -0.456 e. The number of para-hydroxylation sites is 1. The highest BCUT2D eigenvalue weighted by atomic mass is 16.3. The summed E-state index contributed by atoms with van der Waals surface area (Å²) in [5, 5.41) is 2.11. The van der Waals surface area contributed by atoms with Gasteiger partial charge in [-0.15, -0.1) is 0 Å². The molecule has 0 saturated heterocycles. The maximum atomic E-state index is 6.16. The fourth-order valence-corrected chi connectivity index (χ4v) is 9.64. The van der Waals surface area contributed by atoms with E-state index in [1.807, 2.05) is 48.5 Å². The van der Waals surface area contributed by atoms with Crippen LogP contribution in [0.15, 0.2) is 180 Å². The van der Waals surface area contributed by atoms with Crippen LogP contribution in [0, 0.1) is 0 Å². The van der Waals surface area contributed by atoms with Crippen LogP contribution in [0.5, 0.6) is 0 Å². The zero-order chi connectivity index (χ0) is 39.2. The Bertz CT molecular complexity index is 3320. The standard InChI is InChI=1S/C55H37N3O/c1-55(2)46-19-8-6-16-42(46)51-40(17-11-20-47(51)55)34-24-22-33(23-25-34)36-26-27-37-30-38-14-10-18-43(50(38)44(37)31-36)54-57-52(35-12-4-3-5-13-35)56-53(58-54)39-28-29-49-45(32-39)41-15-7-9-21-48(41)59-49/h3-29,31-32H,30H2,1-2H3. The maximum Gasteiger partial charge on any atom is 0.164 e. The summed E-state index contributed by atoms with van der Waals surface area (Å²) in [6.07, 6.45) is 0.863. The van der Waals surface area contributed by atoms with E-state index >= 15 is 0 Å². The number of nitrogens with zero attached hydrogens (tertiary/aromatic N) is 3. The van der Waals surface area contributed by atoms with Gasteiger partial charge in [-0.05, 0) is 104 Å². The van der Waals surface area contributed by atoms with Crippen molar-refractivity contribution in [3.8, 4) is 78.7 Å². The first-order valence-corrected chi connectivity index (χ1v) is 20.3. The summed E-state index contributed by atoms with van der Waals surface area (Å²) in [5.41, 5.74) is 19.9. The van der Waals surface area contributed by atoms with Crippen LogP contribution in [0.3, 0.4) is 0 Å². The highest BCUT2D eigenvalue weighted by Crippen LogP contribution is 2.52. The molecule has 0 amide bonds. The Balaban J connectivity index is 0.952. The summed E-state index contributed by atoms with van der Waals surface area (Å²) in [4.78, 5) is 15.5. The quantitative estimate of drug-likeness (QED) is 0.176. The van der Waals surface area contributed by atoms with Gasteiger partial charge in [-0.25, -0.2) is 15.0 Å². The Morgan fingerprint density at radius 1 is 0.390 bits per heavy atom.